The average Bonchev–Trinajstić information content (AvgIpc) is 2.74. The molecule has 4 rings (SSSR count). The number of para-hydroxylation sites is 1. The molecule has 0 radical (unpaired) electrons. The van der Waals surface area contributed by atoms with Gasteiger partial charge >= 0.3 is 0 Å². The second-order valence-electron chi connectivity index (χ2n) is 6.37. The first-order chi connectivity index (χ1) is 14.1. The second-order valence-corrected chi connectivity index (χ2v) is 6.77. The highest BCUT2D eigenvalue weighted by Crippen LogP contribution is 2.22. The van der Waals surface area contributed by atoms with Crippen molar-refractivity contribution in [2.75, 3.05) is 0 Å². The number of nitrogens with zero attached hydrogens (tertiary/aromatic N) is 4. The zero-order valence-electron chi connectivity index (χ0n) is 15.4. The van der Waals surface area contributed by atoms with E-state index in [0.29, 0.717) is 27.4 Å². The number of hydrogen-bond acceptors (Lipinski definition) is 5. The van der Waals surface area contributed by atoms with Crippen molar-refractivity contribution >= 4 is 28.4 Å². The van der Waals surface area contributed by atoms with Crippen LogP contribution in [0, 0.1) is 0 Å². The number of halogens is 1. The smallest absolute Gasteiger partial charge is 0.272 e. The Morgan fingerprint density at radius 1 is 1.10 bits per heavy atom. The standard InChI is InChI=1S/C21H16ClN5O2/c1-13(25-20(28)17-12-23-10-11-24-17)19-26-16-9-5-8-15(22)18(16)21(29)27(19)14-6-3-2-4-7-14/h2-13H,1H3,(H,25,28). The third-order valence-corrected chi connectivity index (χ3v) is 4.73. The van der Waals surface area contributed by atoms with Crippen molar-refractivity contribution in [2.24, 2.45) is 0 Å². The fourth-order valence-electron chi connectivity index (χ4n) is 3.08. The first-order valence-electron chi connectivity index (χ1n) is 8.89. The molecule has 144 valence electrons. The predicted molar refractivity (Wildman–Crippen MR) is 110 cm³/mol. The Morgan fingerprint density at radius 3 is 2.62 bits per heavy atom. The number of rotatable bonds is 4. The summed E-state index contributed by atoms with van der Waals surface area (Å²) < 4.78 is 1.47. The molecule has 0 fully saturated rings. The fraction of sp³-hybridized carbons (Fsp3) is 0.0952. The first kappa shape index (κ1) is 18.8. The molecule has 1 unspecified atom stereocenters. The normalized spacial score (nSPS) is 11.9. The van der Waals surface area contributed by atoms with Crippen LogP contribution in [-0.2, 0) is 0 Å². The van der Waals surface area contributed by atoms with E-state index in [1.807, 2.05) is 18.2 Å². The summed E-state index contributed by atoms with van der Waals surface area (Å²) in [5, 5.41) is 3.49. The lowest BCUT2D eigenvalue weighted by Crippen LogP contribution is -2.33. The second kappa shape index (κ2) is 7.81. The van der Waals surface area contributed by atoms with Crippen molar-refractivity contribution < 1.29 is 4.79 Å². The zero-order valence-corrected chi connectivity index (χ0v) is 16.2. The summed E-state index contributed by atoms with van der Waals surface area (Å²) in [7, 11) is 0. The monoisotopic (exact) mass is 405 g/mol. The van der Waals surface area contributed by atoms with Gasteiger partial charge in [-0.05, 0) is 31.2 Å². The number of nitrogens with one attached hydrogen (secondary N) is 1. The van der Waals surface area contributed by atoms with E-state index in [1.165, 1.54) is 23.2 Å². The molecule has 0 saturated carbocycles. The van der Waals surface area contributed by atoms with Crippen LogP contribution < -0.4 is 10.9 Å². The minimum atomic E-state index is -0.583. The van der Waals surface area contributed by atoms with Gasteiger partial charge in [-0.15, -0.1) is 0 Å². The lowest BCUT2D eigenvalue weighted by molar-refractivity contribution is 0.0932. The van der Waals surface area contributed by atoms with Crippen molar-refractivity contribution in [1.82, 2.24) is 24.8 Å². The molecule has 29 heavy (non-hydrogen) atoms. The van der Waals surface area contributed by atoms with E-state index in [1.54, 1.807) is 37.3 Å². The minimum absolute atomic E-state index is 0.178. The van der Waals surface area contributed by atoms with Gasteiger partial charge < -0.3 is 5.32 Å². The van der Waals surface area contributed by atoms with Gasteiger partial charge in [0.05, 0.1) is 33.9 Å². The van der Waals surface area contributed by atoms with E-state index in [0.717, 1.165) is 0 Å². The van der Waals surface area contributed by atoms with E-state index < -0.39 is 11.9 Å². The molecule has 0 saturated heterocycles. The maximum atomic E-state index is 13.3. The molecule has 0 aliphatic heterocycles. The van der Waals surface area contributed by atoms with Crippen LogP contribution in [0.3, 0.4) is 0 Å². The average molecular weight is 406 g/mol. The molecule has 1 amide bonds. The highest BCUT2D eigenvalue weighted by molar-refractivity contribution is 6.35. The zero-order chi connectivity index (χ0) is 20.4. The van der Waals surface area contributed by atoms with Crippen molar-refractivity contribution in [2.45, 2.75) is 13.0 Å². The van der Waals surface area contributed by atoms with Crippen LogP contribution in [0.4, 0.5) is 0 Å². The Labute approximate surface area is 171 Å². The number of fused-ring (bicyclic) bond motifs is 1. The number of carbonyl (C=O) groups is 1. The van der Waals surface area contributed by atoms with Crippen LogP contribution in [0.2, 0.25) is 5.02 Å². The van der Waals surface area contributed by atoms with Crippen LogP contribution in [0.25, 0.3) is 16.6 Å². The Balaban J connectivity index is 1.86. The van der Waals surface area contributed by atoms with E-state index in [2.05, 4.69) is 20.3 Å². The van der Waals surface area contributed by atoms with Gasteiger partial charge in [-0.3, -0.25) is 19.1 Å². The number of hydrogen-bond donors (Lipinski definition) is 1. The highest BCUT2D eigenvalue weighted by atomic mass is 35.5. The van der Waals surface area contributed by atoms with E-state index in [-0.39, 0.29) is 11.3 Å². The predicted octanol–water partition coefficient (Wildman–Crippen LogP) is 3.32. The lowest BCUT2D eigenvalue weighted by Gasteiger charge is -2.19. The maximum absolute atomic E-state index is 13.3. The van der Waals surface area contributed by atoms with Crippen molar-refractivity contribution in [1.29, 1.82) is 0 Å². The molecule has 0 aliphatic rings. The number of benzene rings is 2. The maximum Gasteiger partial charge on any atom is 0.272 e. The van der Waals surface area contributed by atoms with Crippen molar-refractivity contribution in [3.05, 3.63) is 94.0 Å². The number of carbonyl (C=O) groups excluding carboxylic acids is 1. The molecule has 0 spiro atoms. The van der Waals surface area contributed by atoms with Gasteiger partial charge in [0.1, 0.15) is 11.5 Å². The molecule has 2 heterocycles. The van der Waals surface area contributed by atoms with Gasteiger partial charge in [0.2, 0.25) is 0 Å². The van der Waals surface area contributed by atoms with Crippen LogP contribution in [0.1, 0.15) is 29.3 Å². The molecule has 8 heteroatoms. The van der Waals surface area contributed by atoms with Gasteiger partial charge in [-0.25, -0.2) is 9.97 Å². The lowest BCUT2D eigenvalue weighted by atomic mass is 10.2. The fourth-order valence-corrected chi connectivity index (χ4v) is 3.33. The van der Waals surface area contributed by atoms with Crippen LogP contribution in [-0.4, -0.2) is 25.4 Å². The van der Waals surface area contributed by atoms with E-state index in [4.69, 9.17) is 11.6 Å². The van der Waals surface area contributed by atoms with Gasteiger partial charge in [-0.2, -0.15) is 0 Å². The summed E-state index contributed by atoms with van der Waals surface area (Å²) in [5.74, 6) is -0.0288. The summed E-state index contributed by atoms with van der Waals surface area (Å²) in [5.41, 5.74) is 0.965. The van der Waals surface area contributed by atoms with Crippen molar-refractivity contribution in [3.8, 4) is 5.69 Å². The van der Waals surface area contributed by atoms with Gasteiger partial charge in [-0.1, -0.05) is 35.9 Å². The molecule has 2 aromatic heterocycles. The highest BCUT2D eigenvalue weighted by Gasteiger charge is 2.21. The van der Waals surface area contributed by atoms with E-state index in [9.17, 15) is 9.59 Å². The van der Waals surface area contributed by atoms with Crippen LogP contribution in [0.5, 0.6) is 0 Å². The van der Waals surface area contributed by atoms with Gasteiger partial charge in [0, 0.05) is 12.4 Å². The molecule has 2 aromatic carbocycles. The van der Waals surface area contributed by atoms with Gasteiger partial charge in [0.15, 0.2) is 0 Å². The van der Waals surface area contributed by atoms with Gasteiger partial charge in [0.25, 0.3) is 11.5 Å². The minimum Gasteiger partial charge on any atom is -0.341 e. The Kier molecular flexibility index (Phi) is 5.05. The van der Waals surface area contributed by atoms with Crippen LogP contribution in [0.15, 0.2) is 71.9 Å². The SMILES string of the molecule is CC(NC(=O)c1cnccn1)c1nc2cccc(Cl)c2c(=O)n1-c1ccccc1. The Hall–Kier alpha value is -3.58. The number of aromatic nitrogens is 4. The quantitative estimate of drug-likeness (QED) is 0.562. The molecule has 4 aromatic rings. The molecule has 1 N–H and O–H groups in total. The Bertz CT molecular complexity index is 1240. The molecular formula is C21H16ClN5O2. The summed E-state index contributed by atoms with van der Waals surface area (Å²) in [6, 6.07) is 13.6. The molecule has 1 atom stereocenters. The summed E-state index contributed by atoms with van der Waals surface area (Å²) >= 11 is 6.28. The first-order valence-corrected chi connectivity index (χ1v) is 9.27. The molecule has 0 aliphatic carbocycles. The largest absolute Gasteiger partial charge is 0.341 e. The third-order valence-electron chi connectivity index (χ3n) is 4.42. The van der Waals surface area contributed by atoms with Crippen LogP contribution >= 0.6 is 11.6 Å². The summed E-state index contributed by atoms with van der Waals surface area (Å²) in [6.45, 7) is 1.76. The van der Waals surface area contributed by atoms with Crippen molar-refractivity contribution in [3.63, 3.8) is 0 Å². The molecular weight excluding hydrogens is 390 g/mol. The topological polar surface area (TPSA) is 89.8 Å². The van der Waals surface area contributed by atoms with E-state index >= 15 is 0 Å². The third kappa shape index (κ3) is 3.60. The summed E-state index contributed by atoms with van der Waals surface area (Å²) in [6.07, 6.45) is 4.30. The Morgan fingerprint density at radius 2 is 1.90 bits per heavy atom. The summed E-state index contributed by atoms with van der Waals surface area (Å²) in [4.78, 5) is 38.4. The number of amides is 1. The molecule has 0 bridgehead atoms. The molecule has 7 nitrogen and oxygen atoms in total.